The van der Waals surface area contributed by atoms with E-state index in [1.165, 1.54) is 90.1 Å². The number of β-amino-alcohol motifs (C(OH)–C–C–N with tert-alkyl or cyclic N) is 1. The van der Waals surface area contributed by atoms with Crippen LogP contribution in [0.15, 0.2) is 0 Å². The zero-order chi connectivity index (χ0) is 20.3. The van der Waals surface area contributed by atoms with Gasteiger partial charge in [-0.15, -0.1) is 11.8 Å². The lowest BCUT2D eigenvalue weighted by atomic mass is 9.71. The molecule has 2 N–H and O–H groups in total. The molecule has 0 aromatic heterocycles. The van der Waals surface area contributed by atoms with E-state index in [0.717, 1.165) is 47.4 Å². The van der Waals surface area contributed by atoms with Crippen molar-refractivity contribution in [2.75, 3.05) is 32.1 Å². The van der Waals surface area contributed by atoms with E-state index in [0.29, 0.717) is 12.7 Å². The fraction of sp³-hybridized carbons (Fsp3) is 1.00. The Bertz CT molecular complexity index is 549. The van der Waals surface area contributed by atoms with Gasteiger partial charge in [-0.1, -0.05) is 25.7 Å². The molecule has 4 nitrogen and oxygen atoms in total. The molecule has 8 atom stereocenters. The van der Waals surface area contributed by atoms with Crippen LogP contribution in [0, 0.1) is 23.7 Å². The molecule has 0 spiro atoms. The Morgan fingerprint density at radius 2 is 1.73 bits per heavy atom. The summed E-state index contributed by atoms with van der Waals surface area (Å²) in [5.41, 5.74) is 0. The lowest BCUT2D eigenvalue weighted by Crippen LogP contribution is -2.45. The van der Waals surface area contributed by atoms with Gasteiger partial charge in [0.15, 0.2) is 0 Å². The first-order valence-corrected chi connectivity index (χ1v) is 14.2. The largest absolute Gasteiger partial charge is 0.389 e. The summed E-state index contributed by atoms with van der Waals surface area (Å²) in [5, 5.41) is 15.2. The van der Waals surface area contributed by atoms with Gasteiger partial charge in [0.1, 0.15) is 0 Å². The van der Waals surface area contributed by atoms with Crippen LogP contribution in [-0.2, 0) is 4.74 Å². The second kappa shape index (κ2) is 10.4. The third-order valence-corrected chi connectivity index (χ3v) is 10.5. The van der Waals surface area contributed by atoms with Gasteiger partial charge in [0, 0.05) is 30.3 Å². The molecule has 3 saturated carbocycles. The molecular formula is C25H44N2O2S. The Labute approximate surface area is 188 Å². The smallest absolute Gasteiger partial charge is 0.0900 e. The van der Waals surface area contributed by atoms with Crippen molar-refractivity contribution in [3.05, 3.63) is 0 Å². The molecule has 2 heterocycles. The summed E-state index contributed by atoms with van der Waals surface area (Å²) in [6.07, 6.45) is 16.5. The van der Waals surface area contributed by atoms with E-state index in [-0.39, 0.29) is 6.10 Å². The number of hydrogen-bond donors (Lipinski definition) is 2. The predicted octanol–water partition coefficient (Wildman–Crippen LogP) is 4.27. The van der Waals surface area contributed by atoms with Gasteiger partial charge in [-0.25, -0.2) is 0 Å². The van der Waals surface area contributed by atoms with Crippen LogP contribution in [0.5, 0.6) is 0 Å². The normalized spacial score (nSPS) is 43.7. The highest BCUT2D eigenvalue weighted by molar-refractivity contribution is 8.00. The molecule has 8 unspecified atom stereocenters. The van der Waals surface area contributed by atoms with Crippen molar-refractivity contribution in [3.63, 3.8) is 0 Å². The molecule has 5 heteroatoms. The number of piperidine rings is 1. The average molecular weight is 437 g/mol. The van der Waals surface area contributed by atoms with Crippen LogP contribution in [0.1, 0.15) is 77.0 Å². The highest BCUT2D eigenvalue weighted by Gasteiger charge is 2.39. The van der Waals surface area contributed by atoms with E-state index in [9.17, 15) is 5.11 Å². The van der Waals surface area contributed by atoms with Crippen molar-refractivity contribution in [3.8, 4) is 0 Å². The van der Waals surface area contributed by atoms with E-state index < -0.39 is 0 Å². The van der Waals surface area contributed by atoms with Crippen LogP contribution in [0.3, 0.4) is 0 Å². The van der Waals surface area contributed by atoms with Crippen LogP contribution in [-0.4, -0.2) is 65.6 Å². The van der Waals surface area contributed by atoms with E-state index in [1.54, 1.807) is 0 Å². The van der Waals surface area contributed by atoms with Crippen molar-refractivity contribution >= 4 is 11.8 Å². The molecule has 5 aliphatic rings. The highest BCUT2D eigenvalue weighted by Crippen LogP contribution is 2.43. The van der Waals surface area contributed by atoms with Crippen LogP contribution in [0.2, 0.25) is 0 Å². The lowest BCUT2D eigenvalue weighted by Gasteiger charge is -2.42. The minimum absolute atomic E-state index is 0.318. The first-order chi connectivity index (χ1) is 14.7. The summed E-state index contributed by atoms with van der Waals surface area (Å²) in [6.45, 7) is 3.75. The van der Waals surface area contributed by atoms with Gasteiger partial charge < -0.3 is 20.1 Å². The number of likely N-dealkylation sites (tertiary alicyclic amines) is 1. The molecule has 2 saturated heterocycles. The van der Waals surface area contributed by atoms with Crippen molar-refractivity contribution in [2.45, 2.75) is 101 Å². The van der Waals surface area contributed by atoms with Crippen LogP contribution in [0.4, 0.5) is 0 Å². The zero-order valence-corrected chi connectivity index (χ0v) is 19.7. The van der Waals surface area contributed by atoms with Crippen molar-refractivity contribution in [2.24, 2.45) is 23.7 Å². The SMILES string of the molecule is OC(COC1CCCC(C2CCC3NCSC3C2)C1)CN1CCC2CCCCC2C1. The molecule has 0 amide bonds. The Hall–Kier alpha value is 0.190. The molecule has 30 heavy (non-hydrogen) atoms. The maximum atomic E-state index is 10.7. The van der Waals surface area contributed by atoms with Crippen molar-refractivity contribution in [1.82, 2.24) is 10.2 Å². The van der Waals surface area contributed by atoms with Gasteiger partial charge >= 0.3 is 0 Å². The topological polar surface area (TPSA) is 44.7 Å². The molecule has 5 fully saturated rings. The quantitative estimate of drug-likeness (QED) is 0.651. The second-order valence-corrected chi connectivity index (χ2v) is 12.3. The van der Waals surface area contributed by atoms with Crippen LogP contribution < -0.4 is 5.32 Å². The number of hydrogen-bond acceptors (Lipinski definition) is 5. The molecule has 0 bridgehead atoms. The number of aliphatic hydroxyl groups excluding tert-OH is 1. The number of rotatable bonds is 6. The number of thioether (sulfide) groups is 1. The molecule has 0 radical (unpaired) electrons. The first-order valence-electron chi connectivity index (χ1n) is 13.1. The number of nitrogens with zero attached hydrogens (tertiary/aromatic N) is 1. The molecule has 172 valence electrons. The fourth-order valence-electron chi connectivity index (χ4n) is 7.47. The van der Waals surface area contributed by atoms with Crippen molar-refractivity contribution < 1.29 is 9.84 Å². The fourth-order valence-corrected chi connectivity index (χ4v) is 8.84. The monoisotopic (exact) mass is 436 g/mol. The average Bonchev–Trinajstić information content (AvgIpc) is 3.26. The minimum atomic E-state index is -0.318. The summed E-state index contributed by atoms with van der Waals surface area (Å²) in [7, 11) is 0. The summed E-state index contributed by atoms with van der Waals surface area (Å²) < 4.78 is 6.31. The van der Waals surface area contributed by atoms with E-state index in [4.69, 9.17) is 4.74 Å². The summed E-state index contributed by atoms with van der Waals surface area (Å²) in [6, 6.07) is 0.788. The Morgan fingerprint density at radius 1 is 0.900 bits per heavy atom. The van der Waals surface area contributed by atoms with Crippen LogP contribution in [0.25, 0.3) is 0 Å². The third kappa shape index (κ3) is 5.39. The highest BCUT2D eigenvalue weighted by atomic mass is 32.2. The third-order valence-electron chi connectivity index (χ3n) is 9.18. The van der Waals surface area contributed by atoms with E-state index >= 15 is 0 Å². The molecule has 0 aromatic rings. The Kier molecular flexibility index (Phi) is 7.64. The number of fused-ring (bicyclic) bond motifs is 2. The van der Waals surface area contributed by atoms with Gasteiger partial charge in [-0.05, 0) is 81.6 Å². The van der Waals surface area contributed by atoms with Gasteiger partial charge in [0.25, 0.3) is 0 Å². The van der Waals surface area contributed by atoms with E-state index in [2.05, 4.69) is 22.0 Å². The number of nitrogens with one attached hydrogen (secondary N) is 1. The number of ether oxygens (including phenoxy) is 1. The maximum absolute atomic E-state index is 10.7. The number of aliphatic hydroxyl groups is 1. The molecule has 5 rings (SSSR count). The van der Waals surface area contributed by atoms with Gasteiger partial charge in [0.05, 0.1) is 18.8 Å². The van der Waals surface area contributed by atoms with E-state index in [1.807, 2.05) is 0 Å². The zero-order valence-electron chi connectivity index (χ0n) is 18.9. The predicted molar refractivity (Wildman–Crippen MR) is 125 cm³/mol. The molecule has 0 aromatic carbocycles. The maximum Gasteiger partial charge on any atom is 0.0900 e. The van der Waals surface area contributed by atoms with Gasteiger partial charge in [-0.2, -0.15) is 0 Å². The van der Waals surface area contributed by atoms with Crippen LogP contribution >= 0.6 is 11.8 Å². The molecule has 2 aliphatic heterocycles. The standard InChI is InChI=1S/C25H44N2O2S/c28-22(15-27-11-10-18-4-1-2-5-21(18)14-27)16-29-23-7-3-6-19(12-23)20-8-9-24-25(13-20)30-17-26-24/h18-26,28H,1-17H2. The lowest BCUT2D eigenvalue weighted by molar-refractivity contribution is -0.0525. The summed E-state index contributed by atoms with van der Waals surface area (Å²) in [5.74, 6) is 4.79. The second-order valence-electron chi connectivity index (χ2n) is 11.1. The Balaban J connectivity index is 1.03. The molecular weight excluding hydrogens is 392 g/mol. The first kappa shape index (κ1) is 22.0. The van der Waals surface area contributed by atoms with Crippen molar-refractivity contribution in [1.29, 1.82) is 0 Å². The Morgan fingerprint density at radius 3 is 2.67 bits per heavy atom. The van der Waals surface area contributed by atoms with Gasteiger partial charge in [-0.3, -0.25) is 0 Å². The summed E-state index contributed by atoms with van der Waals surface area (Å²) >= 11 is 2.15. The minimum Gasteiger partial charge on any atom is -0.389 e. The summed E-state index contributed by atoms with van der Waals surface area (Å²) in [4.78, 5) is 2.52. The van der Waals surface area contributed by atoms with Gasteiger partial charge in [0.2, 0.25) is 0 Å². The molecule has 3 aliphatic carbocycles.